The van der Waals surface area contributed by atoms with Gasteiger partial charge in [0.15, 0.2) is 0 Å². The molecule has 3 rings (SSSR count). The van der Waals surface area contributed by atoms with E-state index in [-0.39, 0.29) is 11.8 Å². The Labute approximate surface area is 123 Å². The van der Waals surface area contributed by atoms with Crippen LogP contribution in [0.2, 0.25) is 0 Å². The van der Waals surface area contributed by atoms with Gasteiger partial charge in [0.25, 0.3) is 0 Å². The summed E-state index contributed by atoms with van der Waals surface area (Å²) in [4.78, 5) is 11.8. The fourth-order valence-corrected chi connectivity index (χ4v) is 2.62. The molecule has 1 unspecified atom stereocenters. The number of primary amides is 1. The summed E-state index contributed by atoms with van der Waals surface area (Å²) >= 11 is 0. The molecule has 2 N–H and O–H groups in total. The second-order valence-corrected chi connectivity index (χ2v) is 5.27. The Morgan fingerprint density at radius 3 is 2.71 bits per heavy atom. The van der Waals surface area contributed by atoms with Gasteiger partial charge in [0.1, 0.15) is 0 Å². The molecule has 1 aromatic heterocycles. The lowest BCUT2D eigenvalue weighted by Crippen LogP contribution is -2.23. The lowest BCUT2D eigenvalue weighted by Gasteiger charge is -2.14. The van der Waals surface area contributed by atoms with Gasteiger partial charge in [0, 0.05) is 18.6 Å². The van der Waals surface area contributed by atoms with Crippen molar-refractivity contribution in [1.29, 1.82) is 0 Å². The molecule has 1 amide bonds. The monoisotopic (exact) mass is 279 g/mol. The lowest BCUT2D eigenvalue weighted by molar-refractivity contribution is -0.119. The van der Waals surface area contributed by atoms with Gasteiger partial charge in [0.05, 0.1) is 11.4 Å². The van der Waals surface area contributed by atoms with E-state index in [1.165, 1.54) is 0 Å². The highest BCUT2D eigenvalue weighted by Gasteiger charge is 2.19. The van der Waals surface area contributed by atoms with Crippen molar-refractivity contribution in [2.45, 2.75) is 12.3 Å². The number of amides is 1. The number of nitrogens with two attached hydrogens (primary N) is 1. The van der Waals surface area contributed by atoms with Crippen molar-refractivity contribution in [2.75, 3.05) is 0 Å². The van der Waals surface area contributed by atoms with Gasteiger partial charge >= 0.3 is 0 Å². The van der Waals surface area contributed by atoms with Crippen molar-refractivity contribution < 1.29 is 4.79 Å². The van der Waals surface area contributed by atoms with Crippen molar-refractivity contribution in [3.8, 4) is 0 Å². The number of carbonyl (C=O) groups excluding carboxylic acids is 1. The first-order valence-corrected chi connectivity index (χ1v) is 6.90. The van der Waals surface area contributed by atoms with Gasteiger partial charge in [-0.15, -0.1) is 0 Å². The van der Waals surface area contributed by atoms with E-state index in [4.69, 9.17) is 5.73 Å². The smallest absolute Gasteiger partial charge is 0.225 e. The van der Waals surface area contributed by atoms with Gasteiger partial charge in [-0.3, -0.25) is 9.48 Å². The number of rotatable bonds is 4. The molecule has 0 aliphatic rings. The highest BCUT2D eigenvalue weighted by molar-refractivity contribution is 5.85. The number of hydrogen-bond donors (Lipinski definition) is 1. The molecule has 1 atom stereocenters. The third-order valence-electron chi connectivity index (χ3n) is 3.67. The summed E-state index contributed by atoms with van der Waals surface area (Å²) in [7, 11) is 1.88. The van der Waals surface area contributed by atoms with Crippen LogP contribution < -0.4 is 5.73 Å². The van der Waals surface area contributed by atoms with Crippen molar-refractivity contribution in [1.82, 2.24) is 9.78 Å². The van der Waals surface area contributed by atoms with Crippen LogP contribution in [0.25, 0.3) is 10.9 Å². The number of aryl methyl sites for hydroxylation is 1. The Balaban J connectivity index is 1.97. The van der Waals surface area contributed by atoms with Crippen LogP contribution in [0.4, 0.5) is 0 Å². The highest BCUT2D eigenvalue weighted by Crippen LogP contribution is 2.24. The van der Waals surface area contributed by atoms with Crippen LogP contribution in [0.1, 0.15) is 17.0 Å². The highest BCUT2D eigenvalue weighted by atomic mass is 16.1. The van der Waals surface area contributed by atoms with Gasteiger partial charge in [-0.25, -0.2) is 0 Å². The first-order valence-electron chi connectivity index (χ1n) is 6.90. The molecular formula is C17H17N3O. The van der Waals surface area contributed by atoms with Crippen LogP contribution in [0, 0.1) is 0 Å². The summed E-state index contributed by atoms with van der Waals surface area (Å²) in [6.07, 6.45) is 2.56. The Morgan fingerprint density at radius 1 is 1.24 bits per heavy atom. The number of fused-ring (bicyclic) bond motifs is 1. The van der Waals surface area contributed by atoms with Crippen LogP contribution in [-0.2, 0) is 18.3 Å². The first-order chi connectivity index (χ1) is 10.1. The molecule has 4 nitrogen and oxygen atoms in total. The third-order valence-corrected chi connectivity index (χ3v) is 3.67. The van der Waals surface area contributed by atoms with E-state index in [9.17, 15) is 4.79 Å². The van der Waals surface area contributed by atoms with Crippen molar-refractivity contribution in [3.63, 3.8) is 0 Å². The zero-order chi connectivity index (χ0) is 14.8. The Hall–Kier alpha value is -2.62. The molecule has 0 aliphatic heterocycles. The second kappa shape index (κ2) is 5.40. The van der Waals surface area contributed by atoms with Crippen LogP contribution in [0.15, 0.2) is 54.7 Å². The molecule has 3 aromatic rings. The van der Waals surface area contributed by atoms with E-state index in [0.29, 0.717) is 6.42 Å². The van der Waals surface area contributed by atoms with E-state index < -0.39 is 0 Å². The van der Waals surface area contributed by atoms with Crippen LogP contribution in [0.5, 0.6) is 0 Å². The Morgan fingerprint density at radius 2 is 2.00 bits per heavy atom. The van der Waals surface area contributed by atoms with Crippen LogP contribution in [-0.4, -0.2) is 15.7 Å². The molecule has 21 heavy (non-hydrogen) atoms. The number of hydrogen-bond acceptors (Lipinski definition) is 2. The van der Waals surface area contributed by atoms with E-state index in [2.05, 4.69) is 5.10 Å². The SMILES string of the molecule is Cn1cc2cc(C(Cc3ccccc3)C(N)=O)ccc2n1. The predicted molar refractivity (Wildman–Crippen MR) is 82.8 cm³/mol. The Kier molecular flexibility index (Phi) is 3.44. The fourth-order valence-electron chi connectivity index (χ4n) is 2.62. The minimum absolute atomic E-state index is 0.304. The fraction of sp³-hybridized carbons (Fsp3) is 0.176. The third kappa shape index (κ3) is 2.79. The topological polar surface area (TPSA) is 60.9 Å². The molecule has 106 valence electrons. The summed E-state index contributed by atoms with van der Waals surface area (Å²) in [5, 5.41) is 5.37. The van der Waals surface area contributed by atoms with Crippen LogP contribution >= 0.6 is 0 Å². The molecule has 1 heterocycles. The Bertz CT molecular complexity index is 777. The molecule has 0 bridgehead atoms. The molecule has 0 saturated carbocycles. The molecule has 4 heteroatoms. The van der Waals surface area contributed by atoms with E-state index in [0.717, 1.165) is 22.0 Å². The van der Waals surface area contributed by atoms with Gasteiger partial charge in [-0.1, -0.05) is 36.4 Å². The van der Waals surface area contributed by atoms with E-state index in [1.54, 1.807) is 4.68 Å². The second-order valence-electron chi connectivity index (χ2n) is 5.27. The average molecular weight is 279 g/mol. The number of carbonyl (C=O) groups is 1. The first kappa shape index (κ1) is 13.4. The number of aromatic nitrogens is 2. The van der Waals surface area contributed by atoms with Gasteiger partial charge < -0.3 is 5.73 Å². The summed E-state index contributed by atoms with van der Waals surface area (Å²) in [5.41, 5.74) is 8.57. The molecule has 0 aliphatic carbocycles. The van der Waals surface area contributed by atoms with Crippen molar-refractivity contribution in [2.24, 2.45) is 12.8 Å². The van der Waals surface area contributed by atoms with Gasteiger partial charge in [-0.05, 0) is 29.7 Å². The normalized spacial score (nSPS) is 12.4. The maximum atomic E-state index is 11.8. The van der Waals surface area contributed by atoms with Gasteiger partial charge in [-0.2, -0.15) is 5.10 Å². The lowest BCUT2D eigenvalue weighted by atomic mass is 9.91. The maximum absolute atomic E-state index is 11.8. The van der Waals surface area contributed by atoms with E-state index >= 15 is 0 Å². The molecule has 0 radical (unpaired) electrons. The average Bonchev–Trinajstić information content (AvgIpc) is 2.84. The summed E-state index contributed by atoms with van der Waals surface area (Å²) in [6, 6.07) is 15.8. The van der Waals surface area contributed by atoms with Crippen molar-refractivity contribution >= 4 is 16.8 Å². The minimum atomic E-state index is -0.322. The molecular weight excluding hydrogens is 262 g/mol. The van der Waals surface area contributed by atoms with E-state index in [1.807, 2.05) is 61.8 Å². The largest absolute Gasteiger partial charge is 0.369 e. The van der Waals surface area contributed by atoms with Crippen molar-refractivity contribution in [3.05, 3.63) is 65.9 Å². The van der Waals surface area contributed by atoms with Crippen LogP contribution in [0.3, 0.4) is 0 Å². The standard InChI is InChI=1S/C17H17N3O/c1-20-11-14-10-13(7-8-16(14)19-20)15(17(18)21)9-12-5-3-2-4-6-12/h2-8,10-11,15H,9H2,1H3,(H2,18,21). The molecule has 0 fully saturated rings. The van der Waals surface area contributed by atoms with Gasteiger partial charge in [0.2, 0.25) is 5.91 Å². The number of benzene rings is 2. The quantitative estimate of drug-likeness (QED) is 0.797. The maximum Gasteiger partial charge on any atom is 0.225 e. The molecule has 0 spiro atoms. The zero-order valence-corrected chi connectivity index (χ0v) is 11.9. The molecule has 0 saturated heterocycles. The minimum Gasteiger partial charge on any atom is -0.369 e. The number of nitrogens with zero attached hydrogens (tertiary/aromatic N) is 2. The predicted octanol–water partition coefficient (Wildman–Crippen LogP) is 2.38. The summed E-state index contributed by atoms with van der Waals surface area (Å²) in [6.45, 7) is 0. The summed E-state index contributed by atoms with van der Waals surface area (Å²) < 4.78 is 1.77. The zero-order valence-electron chi connectivity index (χ0n) is 11.9. The summed E-state index contributed by atoms with van der Waals surface area (Å²) in [5.74, 6) is -0.626. The molecule has 2 aromatic carbocycles.